The molecule has 11 amide bonds. The maximum Gasteiger partial charge on any atom is 0.417 e. The number of nitrogens with one attached hydrogen (secondary N) is 4. The molecule has 2 aliphatic heterocycles. The molecule has 2 saturated heterocycles. The highest BCUT2D eigenvalue weighted by molar-refractivity contribution is 6.31. The van der Waals surface area contributed by atoms with E-state index in [2.05, 4.69) is 21.3 Å². The van der Waals surface area contributed by atoms with E-state index in [0.29, 0.717) is 37.7 Å². The van der Waals surface area contributed by atoms with Gasteiger partial charge in [0.1, 0.15) is 41.8 Å². The van der Waals surface area contributed by atoms with Crippen LogP contribution in [0.4, 0.5) is 13.2 Å². The fourth-order valence-electron chi connectivity index (χ4n) is 12.9. The maximum atomic E-state index is 15.0. The van der Waals surface area contributed by atoms with Crippen LogP contribution < -0.4 is 21.3 Å². The Bertz CT molecular complexity index is 2720. The van der Waals surface area contributed by atoms with E-state index in [4.69, 9.17) is 11.6 Å². The van der Waals surface area contributed by atoms with Crippen molar-refractivity contribution in [3.05, 3.63) is 34.3 Å². The van der Waals surface area contributed by atoms with Gasteiger partial charge in [-0.1, -0.05) is 104 Å². The van der Waals surface area contributed by atoms with E-state index in [1.54, 1.807) is 27.7 Å². The molecule has 2 aliphatic carbocycles. The minimum absolute atomic E-state index is 0.0354. The highest BCUT2D eigenvalue weighted by Gasteiger charge is 2.49. The minimum atomic E-state index is -4.74. The van der Waals surface area contributed by atoms with Gasteiger partial charge in [-0.3, -0.25) is 52.7 Å². The number of hydrogen-bond acceptors (Lipinski definition) is 11. The third-order valence-electron chi connectivity index (χ3n) is 18.4. The summed E-state index contributed by atoms with van der Waals surface area (Å²) in [6.07, 6.45) is 2.34. The molecule has 498 valence electrons. The number of benzene rings is 1. The third-order valence-corrected chi connectivity index (χ3v) is 18.7. The number of aryl methyl sites for hydroxylation is 1. The maximum absolute atomic E-state index is 15.0. The van der Waals surface area contributed by atoms with Crippen molar-refractivity contribution in [2.24, 2.45) is 17.8 Å². The molecule has 2 saturated carbocycles. The van der Waals surface area contributed by atoms with Crippen molar-refractivity contribution in [2.75, 3.05) is 68.0 Å². The Labute approximate surface area is 527 Å². The number of amides is 11. The lowest BCUT2D eigenvalue weighted by atomic mass is 9.84. The predicted octanol–water partition coefficient (Wildman–Crippen LogP) is 4.92. The molecule has 0 bridgehead atoms. The number of likely N-dealkylation sites (N-methyl/N-ethyl adjacent to an activating group) is 5. The van der Waals surface area contributed by atoms with Gasteiger partial charge in [0, 0.05) is 60.8 Å². The Morgan fingerprint density at radius 3 is 1.91 bits per heavy atom. The van der Waals surface area contributed by atoms with Crippen LogP contribution in [0.1, 0.15) is 162 Å². The SMILES string of the molecule is CCCN1C(=O)C[C@@H](C)NC(=O)[C@H](C(C)C)N(C)C(=O)C2(CCCC2)NC(=O)[C@@H]2CCCN2C(=O)[C@H](CCc2ccc(C(F)(F)F)c(Cl)c2)NC(=O)CN(C)C(=O)[C@H](CC2CCCCC2)N(C)C(=O)CN(C)C(=O)CN(C)C(=O)[C@H](C(C)CC)NC(=O)[C@@H]1C. The van der Waals surface area contributed by atoms with Crippen LogP contribution in [0.5, 0.6) is 0 Å². The topological polar surface area (TPSA) is 259 Å². The molecule has 4 aliphatic rings. The summed E-state index contributed by atoms with van der Waals surface area (Å²) in [5, 5.41) is 10.9. The Morgan fingerprint density at radius 1 is 0.685 bits per heavy atom. The van der Waals surface area contributed by atoms with Gasteiger partial charge in [0.05, 0.1) is 30.2 Å². The highest BCUT2D eigenvalue weighted by Crippen LogP contribution is 2.37. The largest absolute Gasteiger partial charge is 0.417 e. The summed E-state index contributed by atoms with van der Waals surface area (Å²) in [6, 6.07) is -4.58. The average molecular weight is 1280 g/mol. The van der Waals surface area contributed by atoms with E-state index in [1.807, 2.05) is 13.8 Å². The quantitative estimate of drug-likeness (QED) is 0.245. The first-order valence-corrected chi connectivity index (χ1v) is 32.1. The van der Waals surface area contributed by atoms with Crippen LogP contribution in [-0.2, 0) is 65.3 Å². The lowest BCUT2D eigenvalue weighted by Gasteiger charge is -2.39. The Hall–Kier alpha value is -6.53. The minimum Gasteiger partial charge on any atom is -0.351 e. The van der Waals surface area contributed by atoms with Crippen molar-refractivity contribution >= 4 is 76.6 Å². The van der Waals surface area contributed by atoms with Gasteiger partial charge in [-0.15, -0.1) is 0 Å². The van der Waals surface area contributed by atoms with Crippen molar-refractivity contribution in [1.29, 1.82) is 0 Å². The number of hydrogen-bond donors (Lipinski definition) is 4. The molecule has 0 aromatic heterocycles. The Morgan fingerprint density at radius 2 is 1.31 bits per heavy atom. The molecule has 2 heterocycles. The standard InChI is InChI=1S/C63H97ClF3N11O11/c1-13-30-77-41(7)55(83)70-53(39(5)14-2)60(88)74(10)36-51(81)72(8)37-52(82)75(11)48(34-42-21-16-15-17-22-42)59(87)73(9)35-49(79)69-46(27-25-43-24-26-44(45(64)33-43)63(65,66)67)58(86)78-31-20-23-47(78)56(84)71-62(28-18-19-29-62)61(89)76(12)54(38(3)4)57(85)68-40(6)32-50(77)80/h24,26,33,38-42,46-48,53-54H,13-23,25,27-32,34-37H2,1-12H3,(H,68,85)(H,69,79)(H,70,83)(H,71,84)/t39?,40-,41+,46+,47+,48+,53+,54+/m1/s1. The van der Waals surface area contributed by atoms with Gasteiger partial charge >= 0.3 is 6.18 Å². The van der Waals surface area contributed by atoms with E-state index in [9.17, 15) is 65.9 Å². The highest BCUT2D eigenvalue weighted by atomic mass is 35.5. The zero-order chi connectivity index (χ0) is 66.4. The molecule has 8 atom stereocenters. The van der Waals surface area contributed by atoms with E-state index >= 15 is 0 Å². The van der Waals surface area contributed by atoms with Crippen molar-refractivity contribution in [1.82, 2.24) is 55.6 Å². The lowest BCUT2D eigenvalue weighted by molar-refractivity contribution is -0.149. The number of carbonyl (C=O) groups is 11. The van der Waals surface area contributed by atoms with Gasteiger partial charge in [-0.25, -0.2) is 0 Å². The van der Waals surface area contributed by atoms with Gasteiger partial charge < -0.3 is 55.6 Å². The third kappa shape index (κ3) is 19.0. The van der Waals surface area contributed by atoms with E-state index in [0.717, 1.165) is 58.9 Å². The monoisotopic (exact) mass is 1280 g/mol. The van der Waals surface area contributed by atoms with Gasteiger partial charge in [-0.2, -0.15) is 13.2 Å². The number of fused-ring (bicyclic) bond motifs is 1. The smallest absolute Gasteiger partial charge is 0.351 e. The van der Waals surface area contributed by atoms with Crippen LogP contribution in [0.3, 0.4) is 0 Å². The van der Waals surface area contributed by atoms with Gasteiger partial charge in [-0.05, 0) is 101 Å². The summed E-state index contributed by atoms with van der Waals surface area (Å²) in [5.41, 5.74) is -2.25. The molecule has 22 nitrogen and oxygen atoms in total. The zero-order valence-electron chi connectivity index (χ0n) is 54.2. The Balaban J connectivity index is 1.54. The molecule has 4 fully saturated rings. The second kappa shape index (κ2) is 32.5. The van der Waals surface area contributed by atoms with Crippen LogP contribution in [-0.4, -0.2) is 215 Å². The second-order valence-electron chi connectivity index (χ2n) is 25.7. The number of rotatable bonds is 10. The number of alkyl halides is 3. The molecule has 4 N–H and O–H groups in total. The van der Waals surface area contributed by atoms with Crippen molar-refractivity contribution in [3.8, 4) is 0 Å². The van der Waals surface area contributed by atoms with Gasteiger partial charge in [0.15, 0.2) is 0 Å². The first-order valence-electron chi connectivity index (χ1n) is 31.7. The molecule has 1 aromatic carbocycles. The molecule has 1 unspecified atom stereocenters. The zero-order valence-corrected chi connectivity index (χ0v) is 55.0. The molecule has 5 rings (SSSR count). The van der Waals surface area contributed by atoms with E-state index in [1.165, 1.54) is 67.8 Å². The van der Waals surface area contributed by atoms with Crippen LogP contribution in [0.2, 0.25) is 5.02 Å². The molecule has 1 spiro atoms. The van der Waals surface area contributed by atoms with Gasteiger partial charge in [0.25, 0.3) is 0 Å². The normalized spacial score (nSPS) is 26.4. The molecule has 26 heteroatoms. The molecular formula is C63H97ClF3N11O11. The van der Waals surface area contributed by atoms with Gasteiger partial charge in [0.2, 0.25) is 65.0 Å². The summed E-state index contributed by atoms with van der Waals surface area (Å²) in [6.45, 7) is 10.7. The fourth-order valence-corrected chi connectivity index (χ4v) is 13.2. The summed E-state index contributed by atoms with van der Waals surface area (Å²) in [4.78, 5) is 167. The van der Waals surface area contributed by atoms with Crippen molar-refractivity contribution in [2.45, 2.75) is 212 Å². The van der Waals surface area contributed by atoms with Crippen molar-refractivity contribution < 1.29 is 65.9 Å². The predicted molar refractivity (Wildman–Crippen MR) is 328 cm³/mol. The molecule has 89 heavy (non-hydrogen) atoms. The summed E-state index contributed by atoms with van der Waals surface area (Å²) >= 11 is 6.11. The first kappa shape index (κ1) is 73.2. The molecule has 1 aromatic rings. The van der Waals surface area contributed by atoms with Crippen molar-refractivity contribution in [3.63, 3.8) is 0 Å². The summed E-state index contributed by atoms with van der Waals surface area (Å²) < 4.78 is 41.3. The van der Waals surface area contributed by atoms with Crippen LogP contribution in [0.15, 0.2) is 18.2 Å². The van der Waals surface area contributed by atoms with Crippen LogP contribution in [0, 0.1) is 17.8 Å². The molecule has 0 radical (unpaired) electrons. The van der Waals surface area contributed by atoms with Crippen LogP contribution in [0.25, 0.3) is 0 Å². The fraction of sp³-hybridized carbons (Fsp3) is 0.730. The number of carbonyl (C=O) groups excluding carboxylic acids is 11. The summed E-state index contributed by atoms with van der Waals surface area (Å²) in [7, 11) is 7.06. The number of halogens is 4. The van der Waals surface area contributed by atoms with E-state index in [-0.39, 0.29) is 64.0 Å². The summed E-state index contributed by atoms with van der Waals surface area (Å²) in [5.74, 6) is -7.69. The number of nitrogens with zero attached hydrogens (tertiary/aromatic N) is 7. The average Bonchev–Trinajstić information content (AvgIpc) is 1.94. The molecular weight excluding hydrogens is 1180 g/mol. The van der Waals surface area contributed by atoms with Crippen LogP contribution >= 0.6 is 11.6 Å². The lowest BCUT2D eigenvalue weighted by Crippen LogP contribution is -2.64. The van der Waals surface area contributed by atoms with E-state index < -0.39 is 161 Å². The Kier molecular flexibility index (Phi) is 26.7. The first-order chi connectivity index (χ1) is 41.8. The second-order valence-corrected chi connectivity index (χ2v) is 26.1.